The monoisotopic (exact) mass is 344 g/mol. The minimum absolute atomic E-state index is 0.0356. The molecule has 0 aliphatic heterocycles. The molecule has 3 rings (SSSR count). The summed E-state index contributed by atoms with van der Waals surface area (Å²) in [6.07, 6.45) is 1.68. The Kier molecular flexibility index (Phi) is 4.08. The van der Waals surface area contributed by atoms with Crippen molar-refractivity contribution in [2.45, 2.75) is 18.4 Å². The number of nitrogens with two attached hydrogens (primary N) is 1. The Hall–Kier alpha value is -2.71. The summed E-state index contributed by atoms with van der Waals surface area (Å²) in [7, 11) is -3.71. The van der Waals surface area contributed by atoms with Gasteiger partial charge in [0, 0.05) is 18.4 Å². The lowest BCUT2D eigenvalue weighted by Crippen LogP contribution is -2.23. The number of imidazole rings is 1. The van der Waals surface area contributed by atoms with E-state index in [4.69, 9.17) is 5.14 Å². The van der Waals surface area contributed by atoms with Crippen molar-refractivity contribution in [1.29, 1.82) is 0 Å². The molecule has 2 aromatic heterocycles. The summed E-state index contributed by atoms with van der Waals surface area (Å²) in [5, 5.41) is 7.80. The van der Waals surface area contributed by atoms with E-state index in [1.165, 1.54) is 12.1 Å². The molecule has 0 unspecified atom stereocenters. The van der Waals surface area contributed by atoms with E-state index in [0.29, 0.717) is 11.3 Å². The van der Waals surface area contributed by atoms with Crippen LogP contribution in [0.3, 0.4) is 0 Å². The lowest BCUT2D eigenvalue weighted by Gasteiger charge is -2.04. The van der Waals surface area contributed by atoms with E-state index in [2.05, 4.69) is 10.3 Å². The number of hydrogen-bond acceptors (Lipinski definition) is 4. The van der Waals surface area contributed by atoms with E-state index < -0.39 is 10.0 Å². The quantitative estimate of drug-likeness (QED) is 0.742. The topological polar surface area (TPSA) is 107 Å². The lowest BCUT2D eigenvalue weighted by atomic mass is 10.2. The van der Waals surface area contributed by atoms with Gasteiger partial charge in [-0.2, -0.15) is 0 Å². The number of rotatable bonds is 4. The van der Waals surface area contributed by atoms with Crippen molar-refractivity contribution < 1.29 is 13.2 Å². The van der Waals surface area contributed by atoms with Crippen LogP contribution < -0.4 is 10.5 Å². The van der Waals surface area contributed by atoms with Crippen molar-refractivity contribution in [3.05, 3.63) is 65.6 Å². The van der Waals surface area contributed by atoms with Crippen LogP contribution in [-0.2, 0) is 16.6 Å². The van der Waals surface area contributed by atoms with Crippen molar-refractivity contribution in [2.75, 3.05) is 0 Å². The van der Waals surface area contributed by atoms with Crippen LogP contribution in [0.1, 0.15) is 21.7 Å². The van der Waals surface area contributed by atoms with Gasteiger partial charge in [-0.15, -0.1) is 0 Å². The molecule has 1 aromatic carbocycles. The van der Waals surface area contributed by atoms with Crippen LogP contribution in [0.2, 0.25) is 0 Å². The fourth-order valence-electron chi connectivity index (χ4n) is 2.33. The summed E-state index contributed by atoms with van der Waals surface area (Å²) in [6.45, 7) is 2.19. The van der Waals surface area contributed by atoms with Gasteiger partial charge in [0.1, 0.15) is 11.3 Å². The highest BCUT2D eigenvalue weighted by atomic mass is 32.2. The van der Waals surface area contributed by atoms with Crippen molar-refractivity contribution in [3.63, 3.8) is 0 Å². The third-order valence-electron chi connectivity index (χ3n) is 3.63. The third kappa shape index (κ3) is 3.29. The molecule has 0 atom stereocenters. The molecular weight excluding hydrogens is 328 g/mol. The van der Waals surface area contributed by atoms with Gasteiger partial charge in [-0.05, 0) is 36.8 Å². The molecule has 0 fully saturated rings. The summed E-state index contributed by atoms with van der Waals surface area (Å²) < 4.78 is 24.3. The van der Waals surface area contributed by atoms with Crippen molar-refractivity contribution in [2.24, 2.45) is 5.14 Å². The van der Waals surface area contributed by atoms with Gasteiger partial charge in [0.2, 0.25) is 10.0 Å². The number of carbonyl (C=O) groups is 1. The van der Waals surface area contributed by atoms with Crippen LogP contribution in [0.15, 0.2) is 53.6 Å². The number of nitrogens with zero attached hydrogens (tertiary/aromatic N) is 2. The molecule has 124 valence electrons. The highest BCUT2D eigenvalue weighted by molar-refractivity contribution is 7.89. The maximum Gasteiger partial charge on any atom is 0.271 e. The number of primary sulfonamides is 1. The number of aromatic nitrogens is 2. The number of fused-ring (bicyclic) bond motifs is 1. The van der Waals surface area contributed by atoms with E-state index in [-0.39, 0.29) is 17.3 Å². The minimum atomic E-state index is -3.71. The summed E-state index contributed by atoms with van der Waals surface area (Å²) in [5.41, 5.74) is 2.77. The molecule has 0 saturated heterocycles. The van der Waals surface area contributed by atoms with Gasteiger partial charge >= 0.3 is 0 Å². The lowest BCUT2D eigenvalue weighted by molar-refractivity contribution is 0.0946. The molecule has 7 nitrogen and oxygen atoms in total. The normalized spacial score (nSPS) is 11.6. The molecule has 3 aromatic rings. The van der Waals surface area contributed by atoms with Gasteiger partial charge in [-0.25, -0.2) is 18.5 Å². The minimum Gasteiger partial charge on any atom is -0.347 e. The van der Waals surface area contributed by atoms with E-state index in [1.807, 2.05) is 29.5 Å². The highest BCUT2D eigenvalue weighted by Gasteiger charge is 2.12. The Balaban J connectivity index is 1.71. The Morgan fingerprint density at radius 3 is 2.54 bits per heavy atom. The van der Waals surface area contributed by atoms with Crippen LogP contribution in [0.4, 0.5) is 0 Å². The Labute approximate surface area is 139 Å². The second-order valence-corrected chi connectivity index (χ2v) is 6.95. The first kappa shape index (κ1) is 16.2. The molecular formula is C16H16N4O3S. The number of pyridine rings is 1. The predicted molar refractivity (Wildman–Crippen MR) is 88.9 cm³/mol. The summed E-state index contributed by atoms with van der Waals surface area (Å²) in [5.74, 6) is -0.298. The SMILES string of the molecule is Cc1cccc2nc(C(=O)NCc3ccc(S(N)(=O)=O)cc3)cn12. The summed E-state index contributed by atoms with van der Waals surface area (Å²) in [6, 6.07) is 11.7. The maximum absolute atomic E-state index is 12.2. The molecule has 0 saturated carbocycles. The Bertz CT molecular complexity index is 1010. The van der Waals surface area contributed by atoms with Crippen LogP contribution in [0.5, 0.6) is 0 Å². The second-order valence-electron chi connectivity index (χ2n) is 5.39. The zero-order valence-corrected chi connectivity index (χ0v) is 13.7. The zero-order valence-electron chi connectivity index (χ0n) is 12.9. The van der Waals surface area contributed by atoms with E-state index in [9.17, 15) is 13.2 Å². The van der Waals surface area contributed by atoms with Crippen molar-refractivity contribution in [1.82, 2.24) is 14.7 Å². The third-order valence-corrected chi connectivity index (χ3v) is 4.56. The van der Waals surface area contributed by atoms with Crippen LogP contribution in [-0.4, -0.2) is 23.7 Å². The molecule has 2 heterocycles. The van der Waals surface area contributed by atoms with Gasteiger partial charge in [0.25, 0.3) is 5.91 Å². The second kappa shape index (κ2) is 6.06. The Morgan fingerprint density at radius 2 is 1.92 bits per heavy atom. The first-order valence-electron chi connectivity index (χ1n) is 7.19. The molecule has 0 bridgehead atoms. The smallest absolute Gasteiger partial charge is 0.271 e. The van der Waals surface area contributed by atoms with Gasteiger partial charge in [0.15, 0.2) is 0 Å². The number of carbonyl (C=O) groups excluding carboxylic acids is 1. The van der Waals surface area contributed by atoms with Crippen molar-refractivity contribution >= 4 is 21.6 Å². The van der Waals surface area contributed by atoms with E-state index in [0.717, 1.165) is 11.3 Å². The van der Waals surface area contributed by atoms with E-state index in [1.54, 1.807) is 18.3 Å². The van der Waals surface area contributed by atoms with Gasteiger partial charge < -0.3 is 9.72 Å². The fourth-order valence-corrected chi connectivity index (χ4v) is 2.84. The number of sulfonamides is 1. The largest absolute Gasteiger partial charge is 0.347 e. The number of nitrogens with one attached hydrogen (secondary N) is 1. The molecule has 0 aliphatic carbocycles. The average Bonchev–Trinajstić information content (AvgIpc) is 2.98. The maximum atomic E-state index is 12.2. The highest BCUT2D eigenvalue weighted by Crippen LogP contribution is 2.10. The molecule has 3 N–H and O–H groups in total. The molecule has 0 radical (unpaired) electrons. The average molecular weight is 344 g/mol. The first-order chi connectivity index (χ1) is 11.3. The summed E-state index contributed by atoms with van der Waals surface area (Å²) >= 11 is 0. The van der Waals surface area contributed by atoms with Crippen molar-refractivity contribution in [3.8, 4) is 0 Å². The summed E-state index contributed by atoms with van der Waals surface area (Å²) in [4.78, 5) is 16.5. The zero-order chi connectivity index (χ0) is 17.3. The predicted octanol–water partition coefficient (Wildman–Crippen LogP) is 1.22. The number of hydrogen-bond donors (Lipinski definition) is 2. The Morgan fingerprint density at radius 1 is 1.21 bits per heavy atom. The number of amides is 1. The molecule has 1 amide bonds. The number of benzene rings is 1. The van der Waals surface area contributed by atoms with Gasteiger partial charge in [0.05, 0.1) is 4.90 Å². The first-order valence-corrected chi connectivity index (χ1v) is 8.74. The van der Waals surface area contributed by atoms with E-state index >= 15 is 0 Å². The van der Waals surface area contributed by atoms with Crippen LogP contribution >= 0.6 is 0 Å². The number of aryl methyl sites for hydroxylation is 1. The van der Waals surface area contributed by atoms with Crippen LogP contribution in [0, 0.1) is 6.92 Å². The molecule has 0 aliphatic rings. The molecule has 8 heteroatoms. The molecule has 0 spiro atoms. The fraction of sp³-hybridized carbons (Fsp3) is 0.125. The van der Waals surface area contributed by atoms with Gasteiger partial charge in [-0.3, -0.25) is 4.79 Å². The van der Waals surface area contributed by atoms with Crippen LogP contribution in [0.25, 0.3) is 5.65 Å². The molecule has 24 heavy (non-hydrogen) atoms. The van der Waals surface area contributed by atoms with Gasteiger partial charge in [-0.1, -0.05) is 18.2 Å². The standard InChI is InChI=1S/C16H16N4O3S/c1-11-3-2-4-15-19-14(10-20(11)15)16(21)18-9-12-5-7-13(8-6-12)24(17,22)23/h2-8,10H,9H2,1H3,(H,18,21)(H2,17,22,23).